The molecule has 1 fully saturated rings. The predicted octanol–water partition coefficient (Wildman–Crippen LogP) is 1.19. The van der Waals surface area contributed by atoms with Gasteiger partial charge in [0.1, 0.15) is 0 Å². The minimum absolute atomic E-state index is 0.0346. The van der Waals surface area contributed by atoms with E-state index in [-0.39, 0.29) is 12.1 Å². The molecule has 4 nitrogen and oxygen atoms in total. The van der Waals surface area contributed by atoms with Crippen LogP contribution in [0.4, 0.5) is 0 Å². The molecular weight excluding hydrogens is 260 g/mol. The van der Waals surface area contributed by atoms with Gasteiger partial charge in [-0.3, -0.25) is 0 Å². The van der Waals surface area contributed by atoms with Gasteiger partial charge in [0, 0.05) is 18.6 Å². The maximum absolute atomic E-state index is 11.9. The summed E-state index contributed by atoms with van der Waals surface area (Å²) in [5.74, 6) is 0. The van der Waals surface area contributed by atoms with E-state index < -0.39 is 10.0 Å². The third-order valence-corrected chi connectivity index (χ3v) is 5.14. The van der Waals surface area contributed by atoms with Gasteiger partial charge >= 0.3 is 0 Å². The number of sulfonamides is 1. The molecule has 2 atom stereocenters. The number of nitrogens with zero attached hydrogens (tertiary/aromatic N) is 2. The lowest BCUT2D eigenvalue weighted by molar-refractivity contribution is 0.237. The maximum atomic E-state index is 11.9. The number of rotatable bonds is 4. The second kappa shape index (κ2) is 5.61. The summed E-state index contributed by atoms with van der Waals surface area (Å²) in [6.45, 7) is 0.624. The van der Waals surface area contributed by atoms with Crippen LogP contribution in [-0.4, -0.2) is 56.6 Å². The van der Waals surface area contributed by atoms with E-state index in [2.05, 4.69) is 17.0 Å². The van der Waals surface area contributed by atoms with Crippen LogP contribution in [0.25, 0.3) is 0 Å². The topological polar surface area (TPSA) is 40.6 Å². The van der Waals surface area contributed by atoms with Gasteiger partial charge < -0.3 is 4.90 Å². The fourth-order valence-electron chi connectivity index (χ4n) is 2.92. The first-order chi connectivity index (χ1) is 8.89. The second-order valence-electron chi connectivity index (χ2n) is 5.45. The zero-order valence-corrected chi connectivity index (χ0v) is 12.6. The molecular formula is C14H22N2O2S. The number of hydrogen-bond acceptors (Lipinski definition) is 3. The molecule has 0 spiro atoms. The molecule has 19 heavy (non-hydrogen) atoms. The normalized spacial score (nSPS) is 25.1. The first-order valence-electron chi connectivity index (χ1n) is 6.57. The molecule has 0 radical (unpaired) electrons. The van der Waals surface area contributed by atoms with Crippen LogP contribution in [0.1, 0.15) is 12.0 Å². The summed E-state index contributed by atoms with van der Waals surface area (Å²) in [6.07, 6.45) is 2.98. The van der Waals surface area contributed by atoms with Gasteiger partial charge in [0.2, 0.25) is 10.0 Å². The predicted molar refractivity (Wildman–Crippen MR) is 77.6 cm³/mol. The summed E-state index contributed by atoms with van der Waals surface area (Å²) in [5.41, 5.74) is 1.19. The molecule has 1 aromatic rings. The highest BCUT2D eigenvalue weighted by Gasteiger charge is 2.39. The van der Waals surface area contributed by atoms with E-state index in [1.54, 1.807) is 4.31 Å². The van der Waals surface area contributed by atoms with Crippen molar-refractivity contribution >= 4 is 10.0 Å². The van der Waals surface area contributed by atoms with Crippen LogP contribution in [0.5, 0.6) is 0 Å². The Morgan fingerprint density at radius 1 is 1.26 bits per heavy atom. The quantitative estimate of drug-likeness (QED) is 0.833. The summed E-state index contributed by atoms with van der Waals surface area (Å²) < 4.78 is 25.5. The van der Waals surface area contributed by atoms with Crippen molar-refractivity contribution in [1.82, 2.24) is 9.21 Å². The average Bonchev–Trinajstić information content (AvgIpc) is 2.74. The van der Waals surface area contributed by atoms with Gasteiger partial charge in [-0.05, 0) is 32.5 Å². The van der Waals surface area contributed by atoms with Gasteiger partial charge in [0.05, 0.1) is 6.26 Å². The fourth-order valence-corrected chi connectivity index (χ4v) is 4.06. The maximum Gasteiger partial charge on any atom is 0.211 e. The monoisotopic (exact) mass is 282 g/mol. The van der Waals surface area contributed by atoms with Crippen molar-refractivity contribution in [2.24, 2.45) is 0 Å². The number of hydrogen-bond donors (Lipinski definition) is 0. The first kappa shape index (κ1) is 14.5. The van der Waals surface area contributed by atoms with Crippen LogP contribution in [-0.2, 0) is 16.4 Å². The van der Waals surface area contributed by atoms with E-state index in [1.807, 2.05) is 32.3 Å². The van der Waals surface area contributed by atoms with Crippen LogP contribution in [0.3, 0.4) is 0 Å². The third kappa shape index (κ3) is 3.35. The Bertz CT molecular complexity index is 514. The molecule has 0 amide bonds. The van der Waals surface area contributed by atoms with Crippen LogP contribution >= 0.6 is 0 Å². The van der Waals surface area contributed by atoms with Gasteiger partial charge in [-0.1, -0.05) is 30.3 Å². The van der Waals surface area contributed by atoms with Crippen LogP contribution in [0.15, 0.2) is 30.3 Å². The van der Waals surface area contributed by atoms with Crippen molar-refractivity contribution in [1.29, 1.82) is 0 Å². The molecule has 1 aliphatic heterocycles. The van der Waals surface area contributed by atoms with E-state index in [1.165, 1.54) is 11.8 Å². The van der Waals surface area contributed by atoms with Gasteiger partial charge in [0.25, 0.3) is 0 Å². The number of benzene rings is 1. The Morgan fingerprint density at radius 3 is 2.42 bits per heavy atom. The SMILES string of the molecule is CN(C)[C@@H]1CCN(S(C)(=O)=O)[C@H]1Cc1ccccc1. The Kier molecular flexibility index (Phi) is 4.28. The second-order valence-corrected chi connectivity index (χ2v) is 7.39. The molecule has 2 rings (SSSR count). The lowest BCUT2D eigenvalue weighted by Gasteiger charge is -2.30. The molecule has 0 saturated carbocycles. The van der Waals surface area contributed by atoms with E-state index in [4.69, 9.17) is 0 Å². The number of likely N-dealkylation sites (N-methyl/N-ethyl adjacent to an activating group) is 1. The van der Waals surface area contributed by atoms with E-state index in [9.17, 15) is 8.42 Å². The highest BCUT2D eigenvalue weighted by Crippen LogP contribution is 2.26. The first-order valence-corrected chi connectivity index (χ1v) is 8.41. The molecule has 1 aliphatic rings. The van der Waals surface area contributed by atoms with Gasteiger partial charge in [0.15, 0.2) is 0 Å². The highest BCUT2D eigenvalue weighted by atomic mass is 32.2. The summed E-state index contributed by atoms with van der Waals surface area (Å²) in [6, 6.07) is 10.4. The average molecular weight is 282 g/mol. The van der Waals surface area contributed by atoms with Gasteiger partial charge in [-0.2, -0.15) is 4.31 Å². The van der Waals surface area contributed by atoms with Crippen LogP contribution in [0, 0.1) is 0 Å². The highest BCUT2D eigenvalue weighted by molar-refractivity contribution is 7.88. The molecule has 0 aromatic heterocycles. The molecule has 0 unspecified atom stereocenters. The Balaban J connectivity index is 2.24. The Hall–Kier alpha value is -0.910. The van der Waals surface area contributed by atoms with E-state index >= 15 is 0 Å². The summed E-state index contributed by atoms with van der Waals surface area (Å²) in [7, 11) is 0.913. The van der Waals surface area contributed by atoms with Crippen molar-refractivity contribution in [3.8, 4) is 0 Å². The minimum Gasteiger partial charge on any atom is -0.305 e. The van der Waals surface area contributed by atoms with Crippen LogP contribution in [0.2, 0.25) is 0 Å². The van der Waals surface area contributed by atoms with Crippen molar-refractivity contribution in [3.63, 3.8) is 0 Å². The molecule has 0 N–H and O–H groups in total. The van der Waals surface area contributed by atoms with Crippen molar-refractivity contribution < 1.29 is 8.42 Å². The fraction of sp³-hybridized carbons (Fsp3) is 0.571. The summed E-state index contributed by atoms with van der Waals surface area (Å²) >= 11 is 0. The van der Waals surface area contributed by atoms with Crippen molar-refractivity contribution in [3.05, 3.63) is 35.9 Å². The van der Waals surface area contributed by atoms with Crippen molar-refractivity contribution in [2.75, 3.05) is 26.9 Å². The third-order valence-electron chi connectivity index (χ3n) is 3.84. The molecule has 1 saturated heterocycles. The van der Waals surface area contributed by atoms with Gasteiger partial charge in [-0.15, -0.1) is 0 Å². The minimum atomic E-state index is -3.13. The zero-order chi connectivity index (χ0) is 14.0. The molecule has 106 valence electrons. The zero-order valence-electron chi connectivity index (χ0n) is 11.8. The molecule has 0 aliphatic carbocycles. The largest absolute Gasteiger partial charge is 0.305 e. The molecule has 1 aromatic carbocycles. The molecule has 5 heteroatoms. The van der Waals surface area contributed by atoms with E-state index in [0.717, 1.165) is 12.8 Å². The molecule has 0 bridgehead atoms. The smallest absolute Gasteiger partial charge is 0.211 e. The lowest BCUT2D eigenvalue weighted by Crippen LogP contribution is -2.45. The lowest BCUT2D eigenvalue weighted by atomic mass is 10.0. The van der Waals surface area contributed by atoms with E-state index in [0.29, 0.717) is 6.54 Å². The van der Waals surface area contributed by atoms with Gasteiger partial charge in [-0.25, -0.2) is 8.42 Å². The van der Waals surface area contributed by atoms with Crippen molar-refractivity contribution in [2.45, 2.75) is 24.9 Å². The summed E-state index contributed by atoms with van der Waals surface area (Å²) in [4.78, 5) is 2.14. The summed E-state index contributed by atoms with van der Waals surface area (Å²) in [5, 5.41) is 0. The van der Waals surface area contributed by atoms with Crippen LogP contribution < -0.4 is 0 Å². The Morgan fingerprint density at radius 2 is 1.89 bits per heavy atom. The molecule has 1 heterocycles. The Labute approximate surface area is 116 Å². The standard InChI is InChI=1S/C14H22N2O2S/c1-15(2)13-9-10-16(19(3,17)18)14(13)11-12-7-5-4-6-8-12/h4-8,13-14H,9-11H2,1-3H3/t13-,14+/m1/s1.